The van der Waals surface area contributed by atoms with Crippen molar-refractivity contribution in [2.75, 3.05) is 37.0 Å². The van der Waals surface area contributed by atoms with Gasteiger partial charge < -0.3 is 5.32 Å². The summed E-state index contributed by atoms with van der Waals surface area (Å²) < 4.78 is 0. The van der Waals surface area contributed by atoms with Gasteiger partial charge in [-0.1, -0.05) is 6.42 Å². The van der Waals surface area contributed by atoms with E-state index in [2.05, 4.69) is 24.2 Å². The van der Waals surface area contributed by atoms with Crippen molar-refractivity contribution in [2.45, 2.75) is 45.1 Å². The Bertz CT molecular complexity index is 491. The van der Waals surface area contributed by atoms with Crippen LogP contribution in [0.15, 0.2) is 0 Å². The maximum atomic E-state index is 4.98. The quantitative estimate of drug-likeness (QED) is 0.870. The van der Waals surface area contributed by atoms with Crippen LogP contribution in [-0.4, -0.2) is 46.5 Å². The fourth-order valence-electron chi connectivity index (χ4n) is 3.21. The lowest BCUT2D eigenvalue weighted by atomic mass is 10.1. The van der Waals surface area contributed by atoms with Crippen molar-refractivity contribution >= 4 is 17.6 Å². The van der Waals surface area contributed by atoms with Gasteiger partial charge in [-0.2, -0.15) is 11.8 Å². The van der Waals surface area contributed by atoms with Crippen molar-refractivity contribution in [1.82, 2.24) is 14.9 Å². The van der Waals surface area contributed by atoms with Gasteiger partial charge in [-0.25, -0.2) is 9.97 Å². The molecule has 116 valence electrons. The maximum Gasteiger partial charge on any atom is 0.148 e. The molecule has 2 heterocycles. The molecule has 3 rings (SSSR count). The largest absolute Gasteiger partial charge is 0.370 e. The Labute approximate surface area is 132 Å². The molecule has 0 radical (unpaired) electrons. The molecule has 0 bridgehead atoms. The summed E-state index contributed by atoms with van der Waals surface area (Å²) in [5.74, 6) is 4.46. The summed E-state index contributed by atoms with van der Waals surface area (Å²) >= 11 is 2.02. The molecule has 1 aromatic heterocycles. The minimum atomic E-state index is 0.370. The van der Waals surface area contributed by atoms with Crippen LogP contribution in [-0.2, 0) is 12.8 Å². The van der Waals surface area contributed by atoms with E-state index in [1.54, 1.807) is 0 Å². The lowest BCUT2D eigenvalue weighted by molar-refractivity contribution is 0.264. The van der Waals surface area contributed by atoms with Gasteiger partial charge in [-0.3, -0.25) is 4.90 Å². The molecule has 21 heavy (non-hydrogen) atoms. The van der Waals surface area contributed by atoms with E-state index >= 15 is 0 Å². The predicted molar refractivity (Wildman–Crippen MR) is 90.2 cm³/mol. The van der Waals surface area contributed by atoms with Gasteiger partial charge >= 0.3 is 0 Å². The van der Waals surface area contributed by atoms with Gasteiger partial charge in [0.25, 0.3) is 0 Å². The van der Waals surface area contributed by atoms with Gasteiger partial charge in [0.05, 0.1) is 6.04 Å². The molecule has 1 atom stereocenters. The van der Waals surface area contributed by atoms with E-state index in [4.69, 9.17) is 9.97 Å². The molecule has 0 aromatic carbocycles. The zero-order chi connectivity index (χ0) is 14.7. The third-order valence-corrected chi connectivity index (χ3v) is 5.51. The van der Waals surface area contributed by atoms with Crippen molar-refractivity contribution in [2.24, 2.45) is 0 Å². The van der Waals surface area contributed by atoms with E-state index in [1.807, 2.05) is 11.8 Å². The van der Waals surface area contributed by atoms with Crippen LogP contribution in [0.5, 0.6) is 0 Å². The Morgan fingerprint density at radius 2 is 2.10 bits per heavy atom. The minimum absolute atomic E-state index is 0.370. The molecule has 0 saturated carbocycles. The molecule has 5 heteroatoms. The van der Waals surface area contributed by atoms with Crippen LogP contribution in [0.25, 0.3) is 0 Å². The van der Waals surface area contributed by atoms with Gasteiger partial charge in [-0.05, 0) is 39.7 Å². The SMILES string of the molecule is CCNc1nc(C2CSCCN2C)nc2c1CCCCC2. The smallest absolute Gasteiger partial charge is 0.148 e. The zero-order valence-corrected chi connectivity index (χ0v) is 14.0. The topological polar surface area (TPSA) is 41.1 Å². The molecule has 1 aliphatic carbocycles. The van der Waals surface area contributed by atoms with Crippen LogP contribution >= 0.6 is 11.8 Å². The van der Waals surface area contributed by atoms with E-state index in [9.17, 15) is 0 Å². The third-order valence-electron chi connectivity index (χ3n) is 4.49. The highest BCUT2D eigenvalue weighted by molar-refractivity contribution is 7.99. The molecule has 2 aliphatic rings. The molecule has 1 fully saturated rings. The van der Waals surface area contributed by atoms with Crippen molar-refractivity contribution in [3.05, 3.63) is 17.1 Å². The second kappa shape index (κ2) is 6.97. The zero-order valence-electron chi connectivity index (χ0n) is 13.2. The Morgan fingerprint density at radius 3 is 2.90 bits per heavy atom. The van der Waals surface area contributed by atoms with Crippen molar-refractivity contribution in [3.63, 3.8) is 0 Å². The first-order chi connectivity index (χ1) is 10.3. The number of rotatable bonds is 3. The minimum Gasteiger partial charge on any atom is -0.370 e. The number of hydrogen-bond donors (Lipinski definition) is 1. The molecule has 4 nitrogen and oxygen atoms in total. The fourth-order valence-corrected chi connectivity index (χ4v) is 4.42. The molecule has 1 unspecified atom stereocenters. The van der Waals surface area contributed by atoms with Gasteiger partial charge in [-0.15, -0.1) is 0 Å². The highest BCUT2D eigenvalue weighted by Gasteiger charge is 2.26. The first-order valence-electron chi connectivity index (χ1n) is 8.21. The van der Waals surface area contributed by atoms with Crippen LogP contribution in [0.4, 0.5) is 5.82 Å². The maximum absolute atomic E-state index is 4.98. The van der Waals surface area contributed by atoms with Crippen LogP contribution in [0.3, 0.4) is 0 Å². The molecule has 1 N–H and O–H groups in total. The van der Waals surface area contributed by atoms with Crippen LogP contribution in [0.2, 0.25) is 0 Å². The number of nitrogens with zero attached hydrogens (tertiary/aromatic N) is 3. The molecule has 0 amide bonds. The van der Waals surface area contributed by atoms with Crippen molar-refractivity contribution < 1.29 is 0 Å². The summed E-state index contributed by atoms with van der Waals surface area (Å²) in [4.78, 5) is 12.3. The van der Waals surface area contributed by atoms with Gasteiger partial charge in [0, 0.05) is 35.9 Å². The molecule has 1 aromatic rings. The number of thioether (sulfide) groups is 1. The number of hydrogen-bond acceptors (Lipinski definition) is 5. The van der Waals surface area contributed by atoms with Gasteiger partial charge in [0.1, 0.15) is 11.6 Å². The first kappa shape index (κ1) is 15.1. The molecule has 1 saturated heterocycles. The normalized spacial score (nSPS) is 23.4. The summed E-state index contributed by atoms with van der Waals surface area (Å²) in [6.07, 6.45) is 6.11. The van der Waals surface area contributed by atoms with E-state index in [0.29, 0.717) is 6.04 Å². The number of fused-ring (bicyclic) bond motifs is 1. The Balaban J connectivity index is 1.97. The Hall–Kier alpha value is -0.810. The second-order valence-corrected chi connectivity index (χ2v) is 7.17. The average molecular weight is 306 g/mol. The van der Waals surface area contributed by atoms with E-state index in [1.165, 1.54) is 36.3 Å². The third kappa shape index (κ3) is 3.34. The van der Waals surface area contributed by atoms with Crippen LogP contribution in [0, 0.1) is 0 Å². The summed E-state index contributed by atoms with van der Waals surface area (Å²) in [7, 11) is 2.20. The number of aryl methyl sites for hydroxylation is 1. The summed E-state index contributed by atoms with van der Waals surface area (Å²) in [5.41, 5.74) is 2.68. The summed E-state index contributed by atoms with van der Waals surface area (Å²) in [5, 5.41) is 3.48. The van der Waals surface area contributed by atoms with Crippen molar-refractivity contribution in [3.8, 4) is 0 Å². The number of anilines is 1. The standard InChI is InChI=1S/C16H26N4S/c1-3-17-15-12-7-5-4-6-8-13(12)18-16(19-15)14-11-21-10-9-20(14)2/h14H,3-11H2,1-2H3,(H,17,18,19). The lowest BCUT2D eigenvalue weighted by Gasteiger charge is -2.31. The monoisotopic (exact) mass is 306 g/mol. The van der Waals surface area contributed by atoms with Crippen LogP contribution < -0.4 is 5.32 Å². The highest BCUT2D eigenvalue weighted by Crippen LogP contribution is 2.30. The molecule has 0 spiro atoms. The lowest BCUT2D eigenvalue weighted by Crippen LogP contribution is -2.34. The van der Waals surface area contributed by atoms with Gasteiger partial charge in [0.2, 0.25) is 0 Å². The summed E-state index contributed by atoms with van der Waals surface area (Å²) in [6.45, 7) is 4.21. The van der Waals surface area contributed by atoms with Crippen LogP contribution in [0.1, 0.15) is 49.3 Å². The molecular weight excluding hydrogens is 280 g/mol. The van der Waals surface area contributed by atoms with Crippen molar-refractivity contribution in [1.29, 1.82) is 0 Å². The average Bonchev–Trinajstić information content (AvgIpc) is 2.73. The highest BCUT2D eigenvalue weighted by atomic mass is 32.2. The summed E-state index contributed by atoms with van der Waals surface area (Å²) in [6, 6.07) is 0.370. The van der Waals surface area contributed by atoms with E-state index < -0.39 is 0 Å². The van der Waals surface area contributed by atoms with Gasteiger partial charge in [0.15, 0.2) is 0 Å². The molecule has 1 aliphatic heterocycles. The van der Waals surface area contributed by atoms with E-state index in [0.717, 1.165) is 43.3 Å². The fraction of sp³-hybridized carbons (Fsp3) is 0.750. The molecular formula is C16H26N4S. The number of aromatic nitrogens is 2. The number of nitrogens with one attached hydrogen (secondary N) is 1. The second-order valence-electron chi connectivity index (χ2n) is 6.02. The Morgan fingerprint density at radius 1 is 1.24 bits per heavy atom. The predicted octanol–water partition coefficient (Wildman–Crippen LogP) is 2.90. The van der Waals surface area contributed by atoms with E-state index in [-0.39, 0.29) is 0 Å². The Kier molecular flexibility index (Phi) is 5.01. The first-order valence-corrected chi connectivity index (χ1v) is 9.36.